The van der Waals surface area contributed by atoms with Crippen molar-refractivity contribution in [1.29, 1.82) is 0 Å². The molecular formula is C15H14F3N3O2. The van der Waals surface area contributed by atoms with Crippen molar-refractivity contribution in [3.8, 4) is 5.75 Å². The lowest BCUT2D eigenvalue weighted by molar-refractivity contribution is -0.139. The smallest absolute Gasteiger partial charge is 0.416 e. The molecule has 0 aliphatic carbocycles. The van der Waals surface area contributed by atoms with Crippen LogP contribution in [-0.4, -0.2) is 40.1 Å². The van der Waals surface area contributed by atoms with Crippen molar-refractivity contribution in [3.05, 3.63) is 48.5 Å². The third-order valence-corrected chi connectivity index (χ3v) is 3.69. The van der Waals surface area contributed by atoms with Crippen molar-refractivity contribution in [3.63, 3.8) is 0 Å². The maximum absolute atomic E-state index is 12.6. The number of hydrogen-bond donors (Lipinski definition) is 0. The minimum Gasteiger partial charge on any atom is -0.484 e. The number of halogens is 3. The molecule has 0 bridgehead atoms. The molecule has 8 heteroatoms. The van der Waals surface area contributed by atoms with Crippen LogP contribution in [0.25, 0.3) is 0 Å². The second kappa shape index (κ2) is 5.94. The van der Waals surface area contributed by atoms with E-state index in [1.807, 2.05) is 10.8 Å². The molecule has 1 aliphatic rings. The van der Waals surface area contributed by atoms with Crippen LogP contribution in [-0.2, 0) is 11.0 Å². The van der Waals surface area contributed by atoms with Gasteiger partial charge in [0.15, 0.2) is 6.61 Å². The minimum absolute atomic E-state index is 0.0276. The SMILES string of the molecule is O=C(COc1cccc(C(F)(F)F)c1)N1CC(n2ccnc2)C1. The highest BCUT2D eigenvalue weighted by molar-refractivity contribution is 5.78. The van der Waals surface area contributed by atoms with E-state index in [4.69, 9.17) is 4.74 Å². The summed E-state index contributed by atoms with van der Waals surface area (Å²) in [6, 6.07) is 4.68. The summed E-state index contributed by atoms with van der Waals surface area (Å²) in [5.74, 6) is -0.223. The topological polar surface area (TPSA) is 47.4 Å². The quantitative estimate of drug-likeness (QED) is 0.867. The van der Waals surface area contributed by atoms with Gasteiger partial charge >= 0.3 is 6.18 Å². The Morgan fingerprint density at radius 2 is 2.13 bits per heavy atom. The summed E-state index contributed by atoms with van der Waals surface area (Å²) in [4.78, 5) is 17.5. The number of imidazole rings is 1. The summed E-state index contributed by atoms with van der Waals surface area (Å²) in [5, 5.41) is 0. The highest BCUT2D eigenvalue weighted by Gasteiger charge is 2.32. The van der Waals surface area contributed by atoms with Crippen LogP contribution in [0, 0.1) is 0 Å². The van der Waals surface area contributed by atoms with Gasteiger partial charge in [-0.2, -0.15) is 13.2 Å². The number of amides is 1. The largest absolute Gasteiger partial charge is 0.484 e. The van der Waals surface area contributed by atoms with Crippen molar-refractivity contribution < 1.29 is 22.7 Å². The monoisotopic (exact) mass is 325 g/mol. The first-order chi connectivity index (χ1) is 10.9. The van der Waals surface area contributed by atoms with Gasteiger partial charge in [0.1, 0.15) is 5.75 Å². The summed E-state index contributed by atoms with van der Waals surface area (Å²) < 4.78 is 44.9. The lowest BCUT2D eigenvalue weighted by Crippen LogP contribution is -2.52. The molecule has 1 amide bonds. The zero-order chi connectivity index (χ0) is 16.4. The van der Waals surface area contributed by atoms with E-state index in [0.29, 0.717) is 13.1 Å². The van der Waals surface area contributed by atoms with E-state index in [1.54, 1.807) is 17.4 Å². The molecule has 3 rings (SSSR count). The van der Waals surface area contributed by atoms with Crippen LogP contribution < -0.4 is 4.74 Å². The Labute approximate surface area is 130 Å². The second-order valence-electron chi connectivity index (χ2n) is 5.28. The van der Waals surface area contributed by atoms with E-state index in [-0.39, 0.29) is 24.3 Å². The van der Waals surface area contributed by atoms with E-state index in [0.717, 1.165) is 12.1 Å². The van der Waals surface area contributed by atoms with E-state index >= 15 is 0 Å². The summed E-state index contributed by atoms with van der Waals surface area (Å²) in [6.45, 7) is 0.806. The van der Waals surface area contributed by atoms with Crippen LogP contribution in [0.15, 0.2) is 43.0 Å². The third kappa shape index (κ3) is 3.46. The molecule has 0 N–H and O–H groups in total. The van der Waals surface area contributed by atoms with E-state index < -0.39 is 11.7 Å². The molecule has 0 saturated carbocycles. The van der Waals surface area contributed by atoms with Crippen molar-refractivity contribution in [2.75, 3.05) is 19.7 Å². The van der Waals surface area contributed by atoms with E-state index in [2.05, 4.69) is 4.98 Å². The number of aromatic nitrogens is 2. The molecule has 0 radical (unpaired) electrons. The van der Waals surface area contributed by atoms with Gasteiger partial charge in [-0.05, 0) is 18.2 Å². The molecule has 122 valence electrons. The maximum atomic E-state index is 12.6. The van der Waals surface area contributed by atoms with Crippen LogP contribution in [0.5, 0.6) is 5.75 Å². The molecule has 1 aromatic carbocycles. The zero-order valence-corrected chi connectivity index (χ0v) is 12.0. The Morgan fingerprint density at radius 1 is 1.35 bits per heavy atom. The number of hydrogen-bond acceptors (Lipinski definition) is 3. The highest BCUT2D eigenvalue weighted by Crippen LogP contribution is 2.31. The summed E-state index contributed by atoms with van der Waals surface area (Å²) >= 11 is 0. The van der Waals surface area contributed by atoms with Gasteiger partial charge in [0, 0.05) is 25.5 Å². The van der Waals surface area contributed by atoms with Gasteiger partial charge in [-0.3, -0.25) is 4.79 Å². The van der Waals surface area contributed by atoms with Gasteiger partial charge in [-0.15, -0.1) is 0 Å². The Morgan fingerprint density at radius 3 is 2.78 bits per heavy atom. The molecular weight excluding hydrogens is 311 g/mol. The summed E-state index contributed by atoms with van der Waals surface area (Å²) in [7, 11) is 0. The van der Waals surface area contributed by atoms with Crippen molar-refractivity contribution in [1.82, 2.24) is 14.5 Å². The summed E-state index contributed by atoms with van der Waals surface area (Å²) in [6.07, 6.45) is 0.747. The summed E-state index contributed by atoms with van der Waals surface area (Å²) in [5.41, 5.74) is -0.799. The average molecular weight is 325 g/mol. The fraction of sp³-hybridized carbons (Fsp3) is 0.333. The highest BCUT2D eigenvalue weighted by atomic mass is 19.4. The fourth-order valence-corrected chi connectivity index (χ4v) is 2.33. The zero-order valence-electron chi connectivity index (χ0n) is 12.0. The minimum atomic E-state index is -4.43. The van der Waals surface area contributed by atoms with Gasteiger partial charge < -0.3 is 14.2 Å². The number of rotatable bonds is 4. The molecule has 1 aromatic heterocycles. The number of alkyl halides is 3. The predicted octanol–water partition coefficient (Wildman–Crippen LogP) is 2.36. The Kier molecular flexibility index (Phi) is 3.97. The van der Waals surface area contributed by atoms with Crippen LogP contribution >= 0.6 is 0 Å². The number of likely N-dealkylation sites (tertiary alicyclic amines) is 1. The molecule has 5 nitrogen and oxygen atoms in total. The number of benzene rings is 1. The van der Waals surface area contributed by atoms with Gasteiger partial charge in [0.05, 0.1) is 17.9 Å². The first kappa shape index (κ1) is 15.4. The maximum Gasteiger partial charge on any atom is 0.416 e. The second-order valence-corrected chi connectivity index (χ2v) is 5.28. The van der Waals surface area contributed by atoms with Gasteiger partial charge in [-0.25, -0.2) is 4.98 Å². The standard InChI is InChI=1S/C15H14F3N3O2/c16-15(17,18)11-2-1-3-13(6-11)23-9-14(22)21-7-12(8-21)20-5-4-19-10-20/h1-6,10,12H,7-9H2. The van der Waals surface area contributed by atoms with Crippen LogP contribution in [0.3, 0.4) is 0 Å². The normalized spacial score (nSPS) is 15.3. The number of carbonyl (C=O) groups is 1. The lowest BCUT2D eigenvalue weighted by Gasteiger charge is -2.39. The Bertz CT molecular complexity index is 680. The van der Waals surface area contributed by atoms with E-state index in [1.165, 1.54) is 12.1 Å². The van der Waals surface area contributed by atoms with Crippen molar-refractivity contribution in [2.45, 2.75) is 12.2 Å². The fourth-order valence-electron chi connectivity index (χ4n) is 2.33. The Balaban J connectivity index is 1.50. The Hall–Kier alpha value is -2.51. The molecule has 2 aromatic rings. The molecule has 1 fully saturated rings. The molecule has 1 aliphatic heterocycles. The van der Waals surface area contributed by atoms with E-state index in [9.17, 15) is 18.0 Å². The molecule has 0 unspecified atom stereocenters. The molecule has 0 atom stereocenters. The van der Waals surface area contributed by atoms with Crippen molar-refractivity contribution >= 4 is 5.91 Å². The number of carbonyl (C=O) groups excluding carboxylic acids is 1. The molecule has 0 spiro atoms. The van der Waals surface area contributed by atoms with Gasteiger partial charge in [0.25, 0.3) is 5.91 Å². The first-order valence-corrected chi connectivity index (χ1v) is 6.99. The first-order valence-electron chi connectivity index (χ1n) is 6.99. The van der Waals surface area contributed by atoms with Gasteiger partial charge in [0.2, 0.25) is 0 Å². The predicted molar refractivity (Wildman–Crippen MR) is 74.8 cm³/mol. The number of ether oxygens (including phenoxy) is 1. The van der Waals surface area contributed by atoms with Crippen LogP contribution in [0.4, 0.5) is 13.2 Å². The van der Waals surface area contributed by atoms with Gasteiger partial charge in [-0.1, -0.05) is 6.07 Å². The number of nitrogens with zero attached hydrogens (tertiary/aromatic N) is 3. The lowest BCUT2D eigenvalue weighted by atomic mass is 10.1. The average Bonchev–Trinajstić information content (AvgIpc) is 2.97. The van der Waals surface area contributed by atoms with Crippen LogP contribution in [0.1, 0.15) is 11.6 Å². The van der Waals surface area contributed by atoms with Crippen molar-refractivity contribution in [2.24, 2.45) is 0 Å². The molecule has 2 heterocycles. The molecule has 1 saturated heterocycles. The molecule has 23 heavy (non-hydrogen) atoms. The van der Waals surface area contributed by atoms with Crippen LogP contribution in [0.2, 0.25) is 0 Å². The third-order valence-electron chi connectivity index (χ3n) is 3.69.